The van der Waals surface area contributed by atoms with Gasteiger partial charge in [-0.3, -0.25) is 4.57 Å². The first-order valence-corrected chi connectivity index (χ1v) is 14.0. The highest BCUT2D eigenvalue weighted by Crippen LogP contribution is 2.30. The second-order valence-electron chi connectivity index (χ2n) is 8.61. The average Bonchev–Trinajstić information content (AvgIpc) is 3.27. The maximum absolute atomic E-state index is 13.1. The van der Waals surface area contributed by atoms with Crippen molar-refractivity contribution in [3.05, 3.63) is 52.8 Å². The number of sulfonamides is 1. The molecule has 0 radical (unpaired) electrons. The number of nitrogens with one attached hydrogen (secondary N) is 1. The summed E-state index contributed by atoms with van der Waals surface area (Å²) in [4.78, 5) is 4.67. The molecule has 10 nitrogen and oxygen atoms in total. The van der Waals surface area contributed by atoms with Gasteiger partial charge in [0.1, 0.15) is 16.4 Å². The minimum atomic E-state index is -3.91. The van der Waals surface area contributed by atoms with Gasteiger partial charge < -0.3 is 19.3 Å². The van der Waals surface area contributed by atoms with Crippen molar-refractivity contribution in [2.75, 3.05) is 45.2 Å². The normalized spacial score (nSPS) is 15.6. The van der Waals surface area contributed by atoms with E-state index in [1.807, 2.05) is 25.1 Å². The van der Waals surface area contributed by atoms with Crippen molar-refractivity contribution in [1.29, 1.82) is 0 Å². The minimum Gasteiger partial charge on any atom is -0.495 e. The number of hydrogen-bond donors (Lipinski definition) is 1. The van der Waals surface area contributed by atoms with Crippen LogP contribution >= 0.6 is 15.9 Å². The van der Waals surface area contributed by atoms with Gasteiger partial charge in [-0.2, -0.15) is 0 Å². The predicted octanol–water partition coefficient (Wildman–Crippen LogP) is 3.65. The van der Waals surface area contributed by atoms with E-state index >= 15 is 0 Å². The lowest BCUT2D eigenvalue weighted by Crippen LogP contribution is -2.44. The molecule has 0 saturated carbocycles. The van der Waals surface area contributed by atoms with Crippen molar-refractivity contribution in [2.45, 2.75) is 31.3 Å². The summed E-state index contributed by atoms with van der Waals surface area (Å²) in [6, 6.07) is 12.3. The van der Waals surface area contributed by atoms with Crippen LogP contribution in [0.3, 0.4) is 0 Å². The molecule has 1 N–H and O–H groups in total. The molecule has 3 aromatic rings. The summed E-state index contributed by atoms with van der Waals surface area (Å²) in [7, 11) is -0.346. The van der Waals surface area contributed by atoms with E-state index in [9.17, 15) is 8.42 Å². The van der Waals surface area contributed by atoms with Gasteiger partial charge in [-0.25, -0.2) is 13.1 Å². The predicted molar refractivity (Wildman–Crippen MR) is 141 cm³/mol. The molecule has 0 unspecified atom stereocenters. The lowest BCUT2D eigenvalue weighted by molar-refractivity contribution is 0.312. The lowest BCUT2D eigenvalue weighted by atomic mass is 10.2. The average molecular weight is 580 g/mol. The molecule has 1 aliphatic heterocycles. The van der Waals surface area contributed by atoms with Gasteiger partial charge in [-0.05, 0) is 51.2 Å². The highest BCUT2D eigenvalue weighted by atomic mass is 79.9. The van der Waals surface area contributed by atoms with Crippen LogP contribution in [0.25, 0.3) is 0 Å². The number of likely N-dealkylation sites (N-methyl/N-ethyl adjacent to an activating group) is 1. The zero-order valence-electron chi connectivity index (χ0n) is 20.8. The molecule has 2 aromatic carbocycles. The number of aromatic nitrogens is 3. The van der Waals surface area contributed by atoms with Crippen molar-refractivity contribution in [3.63, 3.8) is 0 Å². The number of ether oxygens (including phenoxy) is 2. The third-order valence-electron chi connectivity index (χ3n) is 6.09. The molecule has 0 aliphatic carbocycles. The smallest absolute Gasteiger partial charge is 0.322 e. The Morgan fingerprint density at radius 1 is 1.11 bits per heavy atom. The molecule has 0 spiro atoms. The SMILES string of the molecule is CCn1c(Oc2cccc(N3CCN(C)CC3)c2)nnc1[C@@H](C)NS(=O)(=O)c1cc(Br)ccc1OC. The molecular formula is C24H31BrN6O4S. The largest absolute Gasteiger partial charge is 0.495 e. The monoisotopic (exact) mass is 578 g/mol. The molecule has 1 aliphatic rings. The molecule has 1 atom stereocenters. The van der Waals surface area contributed by atoms with Crippen LogP contribution < -0.4 is 19.1 Å². The first-order chi connectivity index (χ1) is 17.2. The second kappa shape index (κ2) is 11.2. The van der Waals surface area contributed by atoms with E-state index in [0.717, 1.165) is 31.9 Å². The first kappa shape index (κ1) is 26.4. The van der Waals surface area contributed by atoms with Crippen LogP contribution in [0, 0.1) is 0 Å². The van der Waals surface area contributed by atoms with Gasteiger partial charge in [0.2, 0.25) is 10.0 Å². The number of piperazine rings is 1. The highest BCUT2D eigenvalue weighted by molar-refractivity contribution is 9.10. The Morgan fingerprint density at radius 3 is 2.56 bits per heavy atom. The Kier molecular flexibility index (Phi) is 8.18. The number of anilines is 1. The maximum Gasteiger partial charge on any atom is 0.322 e. The summed E-state index contributed by atoms with van der Waals surface area (Å²) in [6.45, 7) is 8.08. The van der Waals surface area contributed by atoms with E-state index in [0.29, 0.717) is 28.6 Å². The first-order valence-electron chi connectivity index (χ1n) is 11.7. The summed E-state index contributed by atoms with van der Waals surface area (Å²) < 4.78 is 42.7. The van der Waals surface area contributed by atoms with Crippen LogP contribution in [-0.4, -0.2) is 68.4 Å². The van der Waals surface area contributed by atoms with Crippen molar-refractivity contribution in [3.8, 4) is 17.5 Å². The molecule has 0 amide bonds. The quantitative estimate of drug-likeness (QED) is 0.410. The van der Waals surface area contributed by atoms with Crippen LogP contribution in [0.1, 0.15) is 25.7 Å². The fourth-order valence-electron chi connectivity index (χ4n) is 4.12. The Hall–Kier alpha value is -2.67. The van der Waals surface area contributed by atoms with Crippen LogP contribution in [-0.2, 0) is 16.6 Å². The summed E-state index contributed by atoms with van der Waals surface area (Å²) in [5.74, 6) is 1.34. The standard InChI is InChI=1S/C24H31BrN6O4S/c1-5-31-23(17(2)28-36(32,33)22-15-18(25)9-10-21(22)34-4)26-27-24(31)35-20-8-6-7-19(16-20)30-13-11-29(3)12-14-30/h6-10,15-17,28H,5,11-14H2,1-4H3/t17-/m1/s1. The fourth-order valence-corrected chi connectivity index (χ4v) is 6.03. The summed E-state index contributed by atoms with van der Waals surface area (Å²) >= 11 is 3.32. The molecule has 2 heterocycles. The number of rotatable bonds is 9. The number of halogens is 1. The Balaban J connectivity index is 1.53. The summed E-state index contributed by atoms with van der Waals surface area (Å²) in [5.41, 5.74) is 1.09. The van der Waals surface area contributed by atoms with Gasteiger partial charge >= 0.3 is 6.01 Å². The number of methoxy groups -OCH3 is 1. The number of hydrogen-bond acceptors (Lipinski definition) is 8. The van der Waals surface area contributed by atoms with Gasteiger partial charge in [-0.15, -0.1) is 5.10 Å². The van der Waals surface area contributed by atoms with E-state index in [2.05, 4.69) is 53.8 Å². The molecular weight excluding hydrogens is 548 g/mol. The molecule has 1 aromatic heterocycles. The van der Waals surface area contributed by atoms with Crippen molar-refractivity contribution in [1.82, 2.24) is 24.4 Å². The van der Waals surface area contributed by atoms with Crippen molar-refractivity contribution < 1.29 is 17.9 Å². The summed E-state index contributed by atoms with van der Waals surface area (Å²) in [6.07, 6.45) is 0. The molecule has 4 rings (SSSR count). The number of benzene rings is 2. The van der Waals surface area contributed by atoms with Crippen molar-refractivity contribution in [2.24, 2.45) is 0 Å². The minimum absolute atomic E-state index is 0.0333. The van der Waals surface area contributed by atoms with Gasteiger partial charge in [-0.1, -0.05) is 27.1 Å². The molecule has 1 fully saturated rings. The van der Waals surface area contributed by atoms with E-state index in [-0.39, 0.29) is 10.6 Å². The molecule has 194 valence electrons. The van der Waals surface area contributed by atoms with Crippen LogP contribution in [0.4, 0.5) is 5.69 Å². The zero-order chi connectivity index (χ0) is 25.9. The fraction of sp³-hybridized carbons (Fsp3) is 0.417. The Morgan fingerprint density at radius 2 is 1.86 bits per heavy atom. The maximum atomic E-state index is 13.1. The third kappa shape index (κ3) is 5.83. The van der Waals surface area contributed by atoms with Gasteiger partial charge in [0, 0.05) is 49.0 Å². The van der Waals surface area contributed by atoms with Gasteiger partial charge in [0.05, 0.1) is 13.2 Å². The van der Waals surface area contributed by atoms with E-state index < -0.39 is 16.1 Å². The van der Waals surface area contributed by atoms with E-state index in [4.69, 9.17) is 9.47 Å². The molecule has 12 heteroatoms. The lowest BCUT2D eigenvalue weighted by Gasteiger charge is -2.34. The molecule has 36 heavy (non-hydrogen) atoms. The van der Waals surface area contributed by atoms with Crippen LogP contribution in [0.5, 0.6) is 17.5 Å². The van der Waals surface area contributed by atoms with Crippen LogP contribution in [0.2, 0.25) is 0 Å². The van der Waals surface area contributed by atoms with Gasteiger partial charge in [0.15, 0.2) is 5.82 Å². The molecule has 0 bridgehead atoms. The second-order valence-corrected chi connectivity index (χ2v) is 11.2. The van der Waals surface area contributed by atoms with E-state index in [1.165, 1.54) is 13.2 Å². The van der Waals surface area contributed by atoms with E-state index in [1.54, 1.807) is 23.6 Å². The number of nitrogens with zero attached hydrogens (tertiary/aromatic N) is 5. The van der Waals surface area contributed by atoms with Crippen molar-refractivity contribution >= 4 is 31.6 Å². The Labute approximate surface area is 220 Å². The molecule has 1 saturated heterocycles. The summed E-state index contributed by atoms with van der Waals surface area (Å²) in [5, 5.41) is 8.46. The third-order valence-corrected chi connectivity index (χ3v) is 8.15. The van der Waals surface area contributed by atoms with Crippen LogP contribution in [0.15, 0.2) is 51.8 Å². The zero-order valence-corrected chi connectivity index (χ0v) is 23.2. The Bertz CT molecular complexity index is 1310. The topological polar surface area (TPSA) is 102 Å². The highest BCUT2D eigenvalue weighted by Gasteiger charge is 2.26. The van der Waals surface area contributed by atoms with Gasteiger partial charge in [0.25, 0.3) is 0 Å².